The van der Waals surface area contributed by atoms with Gasteiger partial charge in [0.1, 0.15) is 0 Å². The first-order chi connectivity index (χ1) is 10.8. The molecular formula is C15H19ClF3N3O2. The molecule has 0 fully saturated rings. The van der Waals surface area contributed by atoms with Crippen molar-refractivity contribution in [2.75, 3.05) is 6.61 Å². The van der Waals surface area contributed by atoms with Crippen LogP contribution in [0.2, 0.25) is 0 Å². The van der Waals surface area contributed by atoms with E-state index in [2.05, 4.69) is 10.1 Å². The van der Waals surface area contributed by atoms with Gasteiger partial charge in [-0.25, -0.2) is 0 Å². The summed E-state index contributed by atoms with van der Waals surface area (Å²) in [6.07, 6.45) is -3.84. The summed E-state index contributed by atoms with van der Waals surface area (Å²) in [5.74, 6) is 0.617. The summed E-state index contributed by atoms with van der Waals surface area (Å²) in [7, 11) is 0. The molecule has 2 atom stereocenters. The molecule has 1 aromatic carbocycles. The van der Waals surface area contributed by atoms with Gasteiger partial charge in [0, 0.05) is 12.5 Å². The highest BCUT2D eigenvalue weighted by Crippen LogP contribution is 2.29. The Morgan fingerprint density at radius 2 is 2.04 bits per heavy atom. The van der Waals surface area contributed by atoms with Gasteiger partial charge in [0.15, 0.2) is 5.82 Å². The maximum atomic E-state index is 12.7. The highest BCUT2D eigenvalue weighted by atomic mass is 35.5. The number of nitrogens with two attached hydrogens (primary N) is 1. The number of aromatic nitrogens is 2. The molecule has 0 aliphatic heterocycles. The van der Waals surface area contributed by atoms with E-state index in [9.17, 15) is 13.2 Å². The normalized spacial score (nSPS) is 14.1. The second-order valence-electron chi connectivity index (χ2n) is 5.51. The smallest absolute Gasteiger partial charge is 0.395 e. The molecule has 0 saturated carbocycles. The molecule has 0 saturated heterocycles. The molecule has 2 unspecified atom stereocenters. The Morgan fingerprint density at radius 3 is 2.67 bits per heavy atom. The molecule has 0 radical (unpaired) electrons. The Labute approximate surface area is 143 Å². The lowest BCUT2D eigenvalue weighted by molar-refractivity contribution is -0.137. The fourth-order valence-corrected chi connectivity index (χ4v) is 2.10. The summed E-state index contributed by atoms with van der Waals surface area (Å²) in [6.45, 7) is 1.71. The molecule has 0 aliphatic carbocycles. The van der Waals surface area contributed by atoms with Crippen LogP contribution in [0.4, 0.5) is 13.2 Å². The number of alkyl halides is 3. The number of nitrogens with zero attached hydrogens (tertiary/aromatic N) is 2. The molecule has 0 spiro atoms. The van der Waals surface area contributed by atoms with Gasteiger partial charge in [0.05, 0.1) is 18.6 Å². The minimum atomic E-state index is -4.38. The summed E-state index contributed by atoms with van der Waals surface area (Å²) < 4.78 is 43.1. The van der Waals surface area contributed by atoms with Crippen LogP contribution in [0.15, 0.2) is 28.8 Å². The van der Waals surface area contributed by atoms with Gasteiger partial charge in [-0.2, -0.15) is 18.2 Å². The van der Waals surface area contributed by atoms with Crippen molar-refractivity contribution < 1.29 is 22.8 Å². The van der Waals surface area contributed by atoms with Crippen LogP contribution in [0.1, 0.15) is 29.8 Å². The van der Waals surface area contributed by atoms with Crippen LogP contribution < -0.4 is 5.73 Å². The van der Waals surface area contributed by atoms with Crippen LogP contribution in [0.3, 0.4) is 0 Å². The second kappa shape index (κ2) is 8.46. The highest BCUT2D eigenvalue weighted by Gasteiger charge is 2.30. The van der Waals surface area contributed by atoms with Crippen molar-refractivity contribution in [2.24, 2.45) is 11.7 Å². The Bertz CT molecular complexity index is 649. The molecule has 0 aliphatic rings. The molecule has 2 aromatic rings. The van der Waals surface area contributed by atoms with E-state index in [1.807, 2.05) is 6.92 Å². The highest BCUT2D eigenvalue weighted by molar-refractivity contribution is 5.85. The summed E-state index contributed by atoms with van der Waals surface area (Å²) in [5.41, 5.74) is 5.44. The zero-order valence-corrected chi connectivity index (χ0v) is 13.8. The molecule has 0 amide bonds. The molecule has 1 heterocycles. The number of aliphatic hydroxyl groups excluding tert-OH is 1. The number of halogens is 4. The standard InChI is InChI=1S/C15H18F3N3O2.ClH/c1-9(12(19)8-22)5-13-20-14(23-21-13)7-10-3-2-4-11(6-10)15(16,17)18;/h2-4,6,9,12,22H,5,7-8,19H2,1H3;1H. The number of aliphatic hydroxyl groups is 1. The monoisotopic (exact) mass is 365 g/mol. The van der Waals surface area contributed by atoms with Crippen LogP contribution in [0.5, 0.6) is 0 Å². The molecule has 1 aromatic heterocycles. The molecular weight excluding hydrogens is 347 g/mol. The van der Waals surface area contributed by atoms with E-state index in [1.165, 1.54) is 6.07 Å². The first kappa shape index (κ1) is 20.4. The summed E-state index contributed by atoms with van der Waals surface area (Å²) in [5, 5.41) is 12.8. The van der Waals surface area contributed by atoms with Gasteiger partial charge in [-0.05, 0) is 17.5 Å². The molecule has 9 heteroatoms. The lowest BCUT2D eigenvalue weighted by Gasteiger charge is -2.14. The zero-order chi connectivity index (χ0) is 17.0. The van der Waals surface area contributed by atoms with Gasteiger partial charge in [0.25, 0.3) is 0 Å². The van der Waals surface area contributed by atoms with Gasteiger partial charge in [-0.15, -0.1) is 12.4 Å². The largest absolute Gasteiger partial charge is 0.416 e. The van der Waals surface area contributed by atoms with E-state index in [1.54, 1.807) is 6.07 Å². The maximum absolute atomic E-state index is 12.7. The third kappa shape index (κ3) is 5.47. The average molecular weight is 366 g/mol. The summed E-state index contributed by atoms with van der Waals surface area (Å²) in [4.78, 5) is 4.16. The molecule has 2 rings (SSSR count). The van der Waals surface area contributed by atoms with E-state index < -0.39 is 11.7 Å². The molecule has 5 nitrogen and oxygen atoms in total. The van der Waals surface area contributed by atoms with E-state index in [0.29, 0.717) is 17.8 Å². The first-order valence-electron chi connectivity index (χ1n) is 7.13. The van der Waals surface area contributed by atoms with E-state index in [0.717, 1.165) is 12.1 Å². The van der Waals surface area contributed by atoms with E-state index in [-0.39, 0.29) is 43.3 Å². The number of rotatable bonds is 6. The fourth-order valence-electron chi connectivity index (χ4n) is 2.10. The van der Waals surface area contributed by atoms with Crippen molar-refractivity contribution in [3.8, 4) is 0 Å². The quantitative estimate of drug-likeness (QED) is 0.822. The molecule has 0 bridgehead atoms. The Kier molecular flexibility index (Phi) is 7.19. The van der Waals surface area contributed by atoms with Gasteiger partial charge >= 0.3 is 6.18 Å². The maximum Gasteiger partial charge on any atom is 0.416 e. The number of hydrogen-bond donors (Lipinski definition) is 2. The van der Waals surface area contributed by atoms with Crippen molar-refractivity contribution in [1.82, 2.24) is 10.1 Å². The average Bonchev–Trinajstić information content (AvgIpc) is 2.92. The minimum Gasteiger partial charge on any atom is -0.395 e. The SMILES string of the molecule is CC(Cc1noc(Cc2cccc(C(F)(F)F)c2)n1)C(N)CO.Cl. The van der Waals surface area contributed by atoms with Crippen molar-refractivity contribution in [3.63, 3.8) is 0 Å². The van der Waals surface area contributed by atoms with E-state index in [4.69, 9.17) is 15.4 Å². The Balaban J connectivity index is 0.00000288. The minimum absolute atomic E-state index is 0. The van der Waals surface area contributed by atoms with Crippen LogP contribution in [0, 0.1) is 5.92 Å². The first-order valence-corrected chi connectivity index (χ1v) is 7.13. The van der Waals surface area contributed by atoms with Crippen LogP contribution in [0.25, 0.3) is 0 Å². The lowest BCUT2D eigenvalue weighted by atomic mass is 9.99. The van der Waals surface area contributed by atoms with Gasteiger partial charge < -0.3 is 15.4 Å². The predicted octanol–water partition coefficient (Wildman–Crippen LogP) is 2.60. The van der Waals surface area contributed by atoms with E-state index >= 15 is 0 Å². The van der Waals surface area contributed by atoms with Gasteiger partial charge in [-0.1, -0.05) is 30.3 Å². The van der Waals surface area contributed by atoms with Crippen LogP contribution >= 0.6 is 12.4 Å². The van der Waals surface area contributed by atoms with Crippen molar-refractivity contribution in [1.29, 1.82) is 0 Å². The number of benzene rings is 1. The Hall–Kier alpha value is -1.64. The van der Waals surface area contributed by atoms with Crippen LogP contribution in [-0.2, 0) is 19.0 Å². The third-order valence-electron chi connectivity index (χ3n) is 3.57. The topological polar surface area (TPSA) is 85.2 Å². The lowest BCUT2D eigenvalue weighted by Crippen LogP contribution is -2.33. The van der Waals surface area contributed by atoms with Crippen molar-refractivity contribution in [3.05, 3.63) is 47.1 Å². The third-order valence-corrected chi connectivity index (χ3v) is 3.57. The fraction of sp³-hybridized carbons (Fsp3) is 0.467. The summed E-state index contributed by atoms with van der Waals surface area (Å²) in [6, 6.07) is 4.61. The van der Waals surface area contributed by atoms with Gasteiger partial charge in [0.2, 0.25) is 5.89 Å². The summed E-state index contributed by atoms with van der Waals surface area (Å²) >= 11 is 0. The molecule has 134 valence electrons. The van der Waals surface area contributed by atoms with Crippen LogP contribution in [-0.4, -0.2) is 27.9 Å². The second-order valence-corrected chi connectivity index (χ2v) is 5.51. The zero-order valence-electron chi connectivity index (χ0n) is 13.0. The number of hydrogen-bond acceptors (Lipinski definition) is 5. The van der Waals surface area contributed by atoms with Gasteiger partial charge in [-0.3, -0.25) is 0 Å². The Morgan fingerprint density at radius 1 is 1.33 bits per heavy atom. The van der Waals surface area contributed by atoms with Crippen molar-refractivity contribution in [2.45, 2.75) is 32.0 Å². The molecule has 24 heavy (non-hydrogen) atoms. The predicted molar refractivity (Wildman–Crippen MR) is 83.7 cm³/mol. The van der Waals surface area contributed by atoms with Crippen molar-refractivity contribution >= 4 is 12.4 Å². The molecule has 3 N–H and O–H groups in total.